The smallest absolute Gasteiger partial charge is 0.131 e. The van der Waals surface area contributed by atoms with Gasteiger partial charge in [0.25, 0.3) is 0 Å². The zero-order valence-electron chi connectivity index (χ0n) is 17.4. The molecule has 162 valence electrons. The molecule has 1 saturated heterocycles. The summed E-state index contributed by atoms with van der Waals surface area (Å²) in [5.41, 5.74) is 1.03. The second kappa shape index (κ2) is 10.3. The Morgan fingerprint density at radius 2 is 1.48 bits per heavy atom. The number of β-amino-alcohol motifs (C(OH)–C–C–N with tert-alkyl or cyclic N) is 1. The molecule has 1 aliphatic heterocycles. The van der Waals surface area contributed by atoms with E-state index < -0.39 is 6.10 Å². The van der Waals surface area contributed by atoms with Gasteiger partial charge in [-0.15, -0.1) is 0 Å². The Morgan fingerprint density at radius 3 is 2.23 bits per heavy atom. The SMILES string of the molecule is O[C@H](COc1cccc(Oc2ccccc2)c1)CN1CCN(c2ccc(F)cc2)CC1. The largest absolute Gasteiger partial charge is 0.491 e. The van der Waals surface area contributed by atoms with Gasteiger partial charge in [-0.05, 0) is 48.5 Å². The van der Waals surface area contributed by atoms with Gasteiger partial charge in [0.1, 0.15) is 35.8 Å². The summed E-state index contributed by atoms with van der Waals surface area (Å²) in [5, 5.41) is 10.4. The first kappa shape index (κ1) is 21.2. The molecular formula is C25H27FN2O3. The highest BCUT2D eigenvalue weighted by atomic mass is 19.1. The fourth-order valence-corrected chi connectivity index (χ4v) is 3.64. The van der Waals surface area contributed by atoms with E-state index in [0.29, 0.717) is 18.0 Å². The summed E-state index contributed by atoms with van der Waals surface area (Å²) >= 11 is 0. The van der Waals surface area contributed by atoms with Gasteiger partial charge in [-0.25, -0.2) is 4.39 Å². The molecule has 0 amide bonds. The summed E-state index contributed by atoms with van der Waals surface area (Å²) in [6.07, 6.45) is -0.587. The van der Waals surface area contributed by atoms with Crippen LogP contribution in [0.4, 0.5) is 10.1 Å². The molecule has 5 nitrogen and oxygen atoms in total. The molecular weight excluding hydrogens is 395 g/mol. The Hall–Kier alpha value is -3.09. The summed E-state index contributed by atoms with van der Waals surface area (Å²) < 4.78 is 24.7. The lowest BCUT2D eigenvalue weighted by atomic mass is 10.2. The molecule has 0 bridgehead atoms. The van der Waals surface area contributed by atoms with E-state index in [-0.39, 0.29) is 12.4 Å². The molecule has 3 aromatic carbocycles. The highest BCUT2D eigenvalue weighted by Gasteiger charge is 2.20. The van der Waals surface area contributed by atoms with Crippen molar-refractivity contribution in [2.45, 2.75) is 6.10 Å². The minimum Gasteiger partial charge on any atom is -0.491 e. The summed E-state index contributed by atoms with van der Waals surface area (Å²) in [7, 11) is 0. The van der Waals surface area contributed by atoms with E-state index >= 15 is 0 Å². The number of anilines is 1. The first-order valence-corrected chi connectivity index (χ1v) is 10.5. The van der Waals surface area contributed by atoms with Crippen LogP contribution in [0.5, 0.6) is 17.2 Å². The van der Waals surface area contributed by atoms with Crippen molar-refractivity contribution in [2.75, 3.05) is 44.2 Å². The van der Waals surface area contributed by atoms with Crippen LogP contribution in [0.2, 0.25) is 0 Å². The van der Waals surface area contributed by atoms with Crippen molar-refractivity contribution >= 4 is 5.69 Å². The van der Waals surface area contributed by atoms with Crippen molar-refractivity contribution in [1.29, 1.82) is 0 Å². The van der Waals surface area contributed by atoms with Gasteiger partial charge in [-0.2, -0.15) is 0 Å². The third-order valence-corrected chi connectivity index (χ3v) is 5.26. The van der Waals surface area contributed by atoms with Crippen molar-refractivity contribution < 1.29 is 19.0 Å². The molecule has 0 saturated carbocycles. The van der Waals surface area contributed by atoms with E-state index in [9.17, 15) is 9.50 Å². The zero-order chi connectivity index (χ0) is 21.5. The summed E-state index contributed by atoms with van der Waals surface area (Å²) in [6, 6.07) is 23.6. The number of halogens is 1. The van der Waals surface area contributed by atoms with Crippen molar-refractivity contribution in [3.63, 3.8) is 0 Å². The monoisotopic (exact) mass is 422 g/mol. The number of hydrogen-bond acceptors (Lipinski definition) is 5. The number of piperazine rings is 1. The average molecular weight is 423 g/mol. The second-order valence-electron chi connectivity index (χ2n) is 7.62. The van der Waals surface area contributed by atoms with E-state index in [0.717, 1.165) is 37.6 Å². The van der Waals surface area contributed by atoms with E-state index in [1.54, 1.807) is 0 Å². The number of hydrogen-bond donors (Lipinski definition) is 1. The number of benzene rings is 3. The summed E-state index contributed by atoms with van der Waals surface area (Å²) in [5.74, 6) is 1.89. The molecule has 1 heterocycles. The van der Waals surface area contributed by atoms with Gasteiger partial charge in [-0.1, -0.05) is 24.3 Å². The van der Waals surface area contributed by atoms with Crippen LogP contribution < -0.4 is 14.4 Å². The number of aliphatic hydroxyl groups is 1. The van der Waals surface area contributed by atoms with Gasteiger partial charge >= 0.3 is 0 Å². The molecule has 1 fully saturated rings. The van der Waals surface area contributed by atoms with E-state index in [1.165, 1.54) is 12.1 Å². The van der Waals surface area contributed by atoms with Crippen LogP contribution in [0.3, 0.4) is 0 Å². The van der Waals surface area contributed by atoms with Crippen LogP contribution in [-0.2, 0) is 0 Å². The number of ether oxygens (including phenoxy) is 2. The Kier molecular flexibility index (Phi) is 7.02. The van der Waals surface area contributed by atoms with Crippen LogP contribution in [0.25, 0.3) is 0 Å². The third-order valence-electron chi connectivity index (χ3n) is 5.26. The van der Waals surface area contributed by atoms with Gasteiger partial charge in [0.2, 0.25) is 0 Å². The molecule has 0 aromatic heterocycles. The number of nitrogens with zero attached hydrogens (tertiary/aromatic N) is 2. The first-order valence-electron chi connectivity index (χ1n) is 10.5. The fraction of sp³-hybridized carbons (Fsp3) is 0.280. The maximum absolute atomic E-state index is 13.1. The minimum absolute atomic E-state index is 0.215. The molecule has 3 aromatic rings. The molecule has 0 spiro atoms. The second-order valence-corrected chi connectivity index (χ2v) is 7.62. The highest BCUT2D eigenvalue weighted by molar-refractivity contribution is 5.46. The number of para-hydroxylation sites is 1. The normalized spacial score (nSPS) is 15.5. The van der Waals surface area contributed by atoms with Crippen LogP contribution >= 0.6 is 0 Å². The van der Waals surface area contributed by atoms with Gasteiger partial charge in [-0.3, -0.25) is 4.90 Å². The lowest BCUT2D eigenvalue weighted by Gasteiger charge is -2.36. The molecule has 4 rings (SSSR count). The van der Waals surface area contributed by atoms with Crippen molar-refractivity contribution in [3.8, 4) is 17.2 Å². The molecule has 31 heavy (non-hydrogen) atoms. The van der Waals surface area contributed by atoms with Gasteiger partial charge < -0.3 is 19.5 Å². The molecule has 1 N–H and O–H groups in total. The van der Waals surface area contributed by atoms with E-state index in [4.69, 9.17) is 9.47 Å². The molecule has 0 unspecified atom stereocenters. The van der Waals surface area contributed by atoms with Crippen molar-refractivity contribution in [1.82, 2.24) is 4.90 Å². The van der Waals surface area contributed by atoms with Crippen LogP contribution in [0.15, 0.2) is 78.9 Å². The quantitative estimate of drug-likeness (QED) is 0.590. The maximum atomic E-state index is 13.1. The third kappa shape index (κ3) is 6.20. The number of rotatable bonds is 8. The zero-order valence-corrected chi connectivity index (χ0v) is 17.4. The molecule has 0 aliphatic carbocycles. The summed E-state index contributed by atoms with van der Waals surface area (Å²) in [6.45, 7) is 4.14. The topological polar surface area (TPSA) is 45.2 Å². The first-order chi connectivity index (χ1) is 15.2. The highest BCUT2D eigenvalue weighted by Crippen LogP contribution is 2.25. The Morgan fingerprint density at radius 1 is 0.806 bits per heavy atom. The number of aliphatic hydroxyl groups excluding tert-OH is 1. The van der Waals surface area contributed by atoms with E-state index in [2.05, 4.69) is 9.80 Å². The van der Waals surface area contributed by atoms with E-state index in [1.807, 2.05) is 66.7 Å². The van der Waals surface area contributed by atoms with Crippen LogP contribution in [0.1, 0.15) is 0 Å². The maximum Gasteiger partial charge on any atom is 0.131 e. The molecule has 1 aliphatic rings. The Bertz CT molecular complexity index is 944. The van der Waals surface area contributed by atoms with Gasteiger partial charge in [0, 0.05) is 44.5 Å². The van der Waals surface area contributed by atoms with Crippen molar-refractivity contribution in [3.05, 3.63) is 84.7 Å². The van der Waals surface area contributed by atoms with Crippen molar-refractivity contribution in [2.24, 2.45) is 0 Å². The van der Waals surface area contributed by atoms with Crippen LogP contribution in [0, 0.1) is 5.82 Å². The lowest BCUT2D eigenvalue weighted by Crippen LogP contribution is -2.49. The van der Waals surface area contributed by atoms with Gasteiger partial charge in [0.05, 0.1) is 0 Å². The molecule has 0 radical (unpaired) electrons. The molecule has 6 heteroatoms. The fourth-order valence-electron chi connectivity index (χ4n) is 3.64. The molecule has 1 atom stereocenters. The van der Waals surface area contributed by atoms with Gasteiger partial charge in [0.15, 0.2) is 0 Å². The predicted molar refractivity (Wildman–Crippen MR) is 120 cm³/mol. The van der Waals surface area contributed by atoms with Crippen LogP contribution in [-0.4, -0.2) is 55.4 Å². The Labute approximate surface area is 182 Å². The standard InChI is InChI=1S/C25H27FN2O3/c26-20-9-11-21(12-10-20)28-15-13-27(14-16-28)18-22(29)19-30-24-7-4-8-25(17-24)31-23-5-2-1-3-6-23/h1-12,17,22,29H,13-16,18-19H2/t22-/m0/s1. The summed E-state index contributed by atoms with van der Waals surface area (Å²) in [4.78, 5) is 4.46. The average Bonchev–Trinajstić information content (AvgIpc) is 2.80. The minimum atomic E-state index is -0.587. The Balaban J connectivity index is 1.21. The predicted octanol–water partition coefficient (Wildman–Crippen LogP) is 4.18. The lowest BCUT2D eigenvalue weighted by molar-refractivity contribution is 0.0662.